The molecule has 3 rings (SSSR count). The van der Waals surface area contributed by atoms with Gasteiger partial charge in [-0.1, -0.05) is 23.1 Å². The average molecular weight is 325 g/mol. The summed E-state index contributed by atoms with van der Waals surface area (Å²) in [6.07, 6.45) is 2.38. The Labute approximate surface area is 129 Å². The van der Waals surface area contributed by atoms with Gasteiger partial charge in [-0.05, 0) is 12.8 Å². The standard InChI is InChI=1S/C12H15N5O2S2/c1-16-8(5-9(18)17(2)12(16)19)6-20-11-15-14-10(21-11)13-7-3-4-7/h5,7H,3-4,6H2,1-2H3,(H,13,14). The Kier molecular flexibility index (Phi) is 3.85. The molecular weight excluding hydrogens is 310 g/mol. The molecule has 0 atom stereocenters. The van der Waals surface area contributed by atoms with Crippen LogP contribution in [0.25, 0.3) is 0 Å². The van der Waals surface area contributed by atoms with E-state index in [9.17, 15) is 9.59 Å². The summed E-state index contributed by atoms with van der Waals surface area (Å²) in [7, 11) is 3.14. The first kappa shape index (κ1) is 14.3. The van der Waals surface area contributed by atoms with E-state index in [4.69, 9.17) is 0 Å². The number of rotatable bonds is 5. The lowest BCUT2D eigenvalue weighted by atomic mass is 10.4. The summed E-state index contributed by atoms with van der Waals surface area (Å²) in [6.45, 7) is 0. The number of hydrogen-bond acceptors (Lipinski definition) is 7. The van der Waals surface area contributed by atoms with E-state index in [1.165, 1.54) is 53.6 Å². The molecule has 0 spiro atoms. The molecule has 0 unspecified atom stereocenters. The van der Waals surface area contributed by atoms with Gasteiger partial charge in [0.2, 0.25) is 5.13 Å². The molecule has 1 saturated carbocycles. The molecule has 1 aliphatic carbocycles. The van der Waals surface area contributed by atoms with Crippen molar-refractivity contribution in [3.05, 3.63) is 32.6 Å². The second-order valence-corrected chi connectivity index (χ2v) is 7.15. The number of anilines is 1. The number of nitrogens with one attached hydrogen (secondary N) is 1. The van der Waals surface area contributed by atoms with E-state index < -0.39 is 0 Å². The molecule has 21 heavy (non-hydrogen) atoms. The van der Waals surface area contributed by atoms with Gasteiger partial charge in [-0.15, -0.1) is 10.2 Å². The topological polar surface area (TPSA) is 81.8 Å². The van der Waals surface area contributed by atoms with Crippen molar-refractivity contribution < 1.29 is 0 Å². The molecule has 1 fully saturated rings. The van der Waals surface area contributed by atoms with Gasteiger partial charge in [0.25, 0.3) is 5.56 Å². The van der Waals surface area contributed by atoms with Crippen molar-refractivity contribution in [2.24, 2.45) is 14.1 Å². The van der Waals surface area contributed by atoms with Gasteiger partial charge < -0.3 is 5.32 Å². The van der Waals surface area contributed by atoms with Crippen LogP contribution in [0.3, 0.4) is 0 Å². The Morgan fingerprint density at radius 1 is 1.33 bits per heavy atom. The number of aromatic nitrogens is 4. The maximum absolute atomic E-state index is 11.8. The third kappa shape index (κ3) is 3.18. The van der Waals surface area contributed by atoms with Crippen LogP contribution in [0.15, 0.2) is 20.0 Å². The molecule has 0 bridgehead atoms. The Morgan fingerprint density at radius 3 is 2.81 bits per heavy atom. The Hall–Kier alpha value is -1.61. The molecule has 7 nitrogen and oxygen atoms in total. The molecule has 1 aliphatic rings. The van der Waals surface area contributed by atoms with E-state index in [-0.39, 0.29) is 11.2 Å². The van der Waals surface area contributed by atoms with Crippen molar-refractivity contribution in [3.8, 4) is 0 Å². The van der Waals surface area contributed by atoms with Crippen molar-refractivity contribution in [1.82, 2.24) is 19.3 Å². The van der Waals surface area contributed by atoms with Gasteiger partial charge in [-0.25, -0.2) is 4.79 Å². The summed E-state index contributed by atoms with van der Waals surface area (Å²) in [6, 6.07) is 2.03. The van der Waals surface area contributed by atoms with Gasteiger partial charge in [-0.2, -0.15) is 0 Å². The number of thioether (sulfide) groups is 1. The minimum atomic E-state index is -0.313. The van der Waals surface area contributed by atoms with Crippen LogP contribution in [0, 0.1) is 0 Å². The molecule has 2 heterocycles. The van der Waals surface area contributed by atoms with Crippen LogP contribution in [0.2, 0.25) is 0 Å². The lowest BCUT2D eigenvalue weighted by Gasteiger charge is -2.07. The SMILES string of the molecule is Cn1c(CSc2nnc(NC3CC3)s2)cc(=O)n(C)c1=O. The molecule has 9 heteroatoms. The fourth-order valence-electron chi connectivity index (χ4n) is 1.78. The van der Waals surface area contributed by atoms with E-state index in [0.29, 0.717) is 17.5 Å². The zero-order chi connectivity index (χ0) is 15.0. The normalized spacial score (nSPS) is 14.4. The van der Waals surface area contributed by atoms with Gasteiger partial charge in [0, 0.05) is 37.7 Å². The zero-order valence-corrected chi connectivity index (χ0v) is 13.3. The smallest absolute Gasteiger partial charge is 0.330 e. The summed E-state index contributed by atoms with van der Waals surface area (Å²) in [5.74, 6) is 0.514. The molecule has 0 aliphatic heterocycles. The molecular formula is C12H15N5O2S2. The molecule has 1 N–H and O–H groups in total. The molecule has 0 saturated heterocycles. The highest BCUT2D eigenvalue weighted by Gasteiger charge is 2.22. The minimum absolute atomic E-state index is 0.290. The minimum Gasteiger partial charge on any atom is -0.357 e. The van der Waals surface area contributed by atoms with Gasteiger partial charge in [-0.3, -0.25) is 13.9 Å². The fourth-order valence-corrected chi connectivity index (χ4v) is 3.63. The second kappa shape index (κ2) is 5.64. The van der Waals surface area contributed by atoms with Crippen molar-refractivity contribution >= 4 is 28.2 Å². The first-order valence-corrected chi connectivity index (χ1v) is 8.33. The van der Waals surface area contributed by atoms with Crippen LogP contribution >= 0.6 is 23.1 Å². The quantitative estimate of drug-likeness (QED) is 0.819. The maximum Gasteiger partial charge on any atom is 0.330 e. The molecule has 0 amide bonds. The predicted molar refractivity (Wildman–Crippen MR) is 83.0 cm³/mol. The van der Waals surface area contributed by atoms with Gasteiger partial charge in [0.05, 0.1) is 0 Å². The van der Waals surface area contributed by atoms with E-state index in [0.717, 1.165) is 14.0 Å². The van der Waals surface area contributed by atoms with E-state index >= 15 is 0 Å². The summed E-state index contributed by atoms with van der Waals surface area (Å²) >= 11 is 2.97. The van der Waals surface area contributed by atoms with E-state index in [1.807, 2.05) is 0 Å². The van der Waals surface area contributed by atoms with E-state index in [1.54, 1.807) is 7.05 Å². The van der Waals surface area contributed by atoms with Crippen LogP contribution in [0.1, 0.15) is 18.5 Å². The predicted octanol–water partition coefficient (Wildman–Crippen LogP) is 0.802. The molecule has 2 aromatic rings. The summed E-state index contributed by atoms with van der Waals surface area (Å²) in [4.78, 5) is 23.5. The first-order chi connectivity index (χ1) is 10.0. The third-order valence-corrected chi connectivity index (χ3v) is 5.30. The van der Waals surface area contributed by atoms with E-state index in [2.05, 4.69) is 15.5 Å². The first-order valence-electron chi connectivity index (χ1n) is 6.53. The second-order valence-electron chi connectivity index (χ2n) is 4.95. The number of nitrogens with zero attached hydrogens (tertiary/aromatic N) is 4. The Morgan fingerprint density at radius 2 is 2.10 bits per heavy atom. The monoisotopic (exact) mass is 325 g/mol. The maximum atomic E-state index is 11.8. The van der Waals surface area contributed by atoms with Gasteiger partial charge >= 0.3 is 5.69 Å². The van der Waals surface area contributed by atoms with Crippen LogP contribution in [-0.4, -0.2) is 25.4 Å². The highest BCUT2D eigenvalue weighted by atomic mass is 32.2. The highest BCUT2D eigenvalue weighted by Crippen LogP contribution is 2.31. The lowest BCUT2D eigenvalue weighted by molar-refractivity contribution is 0.665. The average Bonchev–Trinajstić information content (AvgIpc) is 3.16. The third-order valence-electron chi connectivity index (χ3n) is 3.28. The number of hydrogen-bond donors (Lipinski definition) is 1. The van der Waals surface area contributed by atoms with Crippen LogP contribution in [0.5, 0.6) is 0 Å². The molecule has 0 aromatic carbocycles. The summed E-state index contributed by atoms with van der Waals surface area (Å²) < 4.78 is 3.40. The van der Waals surface area contributed by atoms with Crippen LogP contribution in [0.4, 0.5) is 5.13 Å². The highest BCUT2D eigenvalue weighted by molar-refractivity contribution is 8.00. The Balaban J connectivity index is 1.71. The fraction of sp³-hybridized carbons (Fsp3) is 0.500. The van der Waals surface area contributed by atoms with Gasteiger partial charge in [0.15, 0.2) is 4.34 Å². The van der Waals surface area contributed by atoms with Crippen LogP contribution < -0.4 is 16.6 Å². The summed E-state index contributed by atoms with van der Waals surface area (Å²) in [5.41, 5.74) is 0.0773. The Bertz CT molecular complexity index is 775. The largest absolute Gasteiger partial charge is 0.357 e. The van der Waals surface area contributed by atoms with Crippen molar-refractivity contribution in [1.29, 1.82) is 0 Å². The lowest BCUT2D eigenvalue weighted by Crippen LogP contribution is -2.37. The molecule has 0 radical (unpaired) electrons. The van der Waals surface area contributed by atoms with Crippen molar-refractivity contribution in [3.63, 3.8) is 0 Å². The van der Waals surface area contributed by atoms with Crippen molar-refractivity contribution in [2.45, 2.75) is 29.0 Å². The zero-order valence-electron chi connectivity index (χ0n) is 11.7. The molecule has 112 valence electrons. The summed E-state index contributed by atoms with van der Waals surface area (Å²) in [5, 5.41) is 12.3. The van der Waals surface area contributed by atoms with Gasteiger partial charge in [0.1, 0.15) is 0 Å². The van der Waals surface area contributed by atoms with Crippen LogP contribution in [-0.2, 0) is 19.8 Å². The van der Waals surface area contributed by atoms with Crippen molar-refractivity contribution in [2.75, 3.05) is 5.32 Å². The molecule has 2 aromatic heterocycles.